The van der Waals surface area contributed by atoms with Crippen LogP contribution >= 0.6 is 0 Å². The maximum atomic E-state index is 12.0. The third-order valence-corrected chi connectivity index (χ3v) is 3.28. The van der Waals surface area contributed by atoms with Crippen molar-refractivity contribution in [1.29, 1.82) is 0 Å². The lowest BCUT2D eigenvalue weighted by molar-refractivity contribution is -0.138. The van der Waals surface area contributed by atoms with E-state index in [0.717, 1.165) is 5.69 Å². The van der Waals surface area contributed by atoms with Gasteiger partial charge in [0.15, 0.2) is 0 Å². The summed E-state index contributed by atoms with van der Waals surface area (Å²) in [6.45, 7) is 1.08. The monoisotopic (exact) mass is 249 g/mol. The molecule has 0 aliphatic carbocycles. The van der Waals surface area contributed by atoms with E-state index >= 15 is 0 Å². The Bertz CT molecular complexity index is 396. The molecule has 2 unspecified atom stereocenters. The molecule has 2 rings (SSSR count). The molecule has 0 spiro atoms. The lowest BCUT2D eigenvalue weighted by atomic mass is 9.93. The van der Waals surface area contributed by atoms with Gasteiger partial charge >= 0.3 is 0 Å². The first-order valence-corrected chi connectivity index (χ1v) is 6.19. The number of hydrogen-bond acceptors (Lipinski definition) is 4. The van der Waals surface area contributed by atoms with Gasteiger partial charge in [-0.15, -0.1) is 0 Å². The number of piperidine rings is 1. The average molecular weight is 249 g/mol. The van der Waals surface area contributed by atoms with Crippen molar-refractivity contribution in [3.63, 3.8) is 0 Å². The van der Waals surface area contributed by atoms with Crippen LogP contribution in [0.15, 0.2) is 24.4 Å². The van der Waals surface area contributed by atoms with Crippen LogP contribution < -0.4 is 5.73 Å². The standard InChI is InChI=1S/C13H19N3O2/c1-18-9-8-16-12(17)6-5-10(14)13(16)11-4-2-3-7-15-11/h2-4,7,10,13H,5-6,8-9,14H2,1H3. The predicted octanol–water partition coefficient (Wildman–Crippen LogP) is 0.719. The Morgan fingerprint density at radius 1 is 1.56 bits per heavy atom. The van der Waals surface area contributed by atoms with E-state index in [4.69, 9.17) is 10.5 Å². The number of carbonyl (C=O) groups excluding carboxylic acids is 1. The van der Waals surface area contributed by atoms with Crippen LogP contribution in [0.4, 0.5) is 0 Å². The molecule has 1 amide bonds. The van der Waals surface area contributed by atoms with Crippen LogP contribution in [0.3, 0.4) is 0 Å². The fraction of sp³-hybridized carbons (Fsp3) is 0.538. The lowest BCUT2D eigenvalue weighted by Crippen LogP contribution is -2.50. The highest BCUT2D eigenvalue weighted by Gasteiger charge is 2.35. The lowest BCUT2D eigenvalue weighted by Gasteiger charge is -2.39. The van der Waals surface area contributed by atoms with Gasteiger partial charge in [0, 0.05) is 32.3 Å². The highest BCUT2D eigenvalue weighted by Crippen LogP contribution is 2.29. The van der Waals surface area contributed by atoms with Gasteiger partial charge in [-0.2, -0.15) is 0 Å². The molecule has 2 heterocycles. The van der Waals surface area contributed by atoms with Gasteiger partial charge in [0.25, 0.3) is 0 Å². The van der Waals surface area contributed by atoms with Crippen LogP contribution in [-0.2, 0) is 9.53 Å². The minimum atomic E-state index is -0.136. The number of pyridine rings is 1. The van der Waals surface area contributed by atoms with E-state index < -0.39 is 0 Å². The van der Waals surface area contributed by atoms with Crippen LogP contribution in [0.5, 0.6) is 0 Å². The molecule has 1 aliphatic heterocycles. The molecule has 1 aromatic heterocycles. The van der Waals surface area contributed by atoms with Crippen LogP contribution in [0, 0.1) is 0 Å². The molecule has 0 saturated carbocycles. The number of carbonyl (C=O) groups is 1. The third-order valence-electron chi connectivity index (χ3n) is 3.28. The Kier molecular flexibility index (Phi) is 4.28. The molecule has 98 valence electrons. The number of aromatic nitrogens is 1. The van der Waals surface area contributed by atoms with Crippen molar-refractivity contribution < 1.29 is 9.53 Å². The Balaban J connectivity index is 2.23. The molecule has 5 heteroatoms. The van der Waals surface area contributed by atoms with Crippen LogP contribution in [0.25, 0.3) is 0 Å². The van der Waals surface area contributed by atoms with Crippen molar-refractivity contribution >= 4 is 5.91 Å². The zero-order valence-electron chi connectivity index (χ0n) is 10.6. The van der Waals surface area contributed by atoms with Crippen LogP contribution in [0.1, 0.15) is 24.6 Å². The summed E-state index contributed by atoms with van der Waals surface area (Å²) >= 11 is 0. The van der Waals surface area contributed by atoms with E-state index in [9.17, 15) is 4.79 Å². The molecular formula is C13H19N3O2. The van der Waals surface area contributed by atoms with Gasteiger partial charge in [0.2, 0.25) is 5.91 Å². The molecule has 18 heavy (non-hydrogen) atoms. The molecule has 1 saturated heterocycles. The van der Waals surface area contributed by atoms with E-state index in [0.29, 0.717) is 26.0 Å². The summed E-state index contributed by atoms with van der Waals surface area (Å²) < 4.78 is 5.06. The zero-order chi connectivity index (χ0) is 13.0. The van der Waals surface area contributed by atoms with Gasteiger partial charge in [-0.05, 0) is 18.6 Å². The van der Waals surface area contributed by atoms with Crippen molar-refractivity contribution in [2.75, 3.05) is 20.3 Å². The minimum absolute atomic E-state index is 0.0607. The zero-order valence-corrected chi connectivity index (χ0v) is 10.6. The van der Waals surface area contributed by atoms with Gasteiger partial charge in [-0.25, -0.2) is 0 Å². The van der Waals surface area contributed by atoms with Crippen molar-refractivity contribution in [3.05, 3.63) is 30.1 Å². The molecule has 0 radical (unpaired) electrons. The number of rotatable bonds is 4. The first kappa shape index (κ1) is 13.0. The molecule has 2 atom stereocenters. The molecule has 0 aromatic carbocycles. The molecule has 5 nitrogen and oxygen atoms in total. The summed E-state index contributed by atoms with van der Waals surface area (Å²) in [5.41, 5.74) is 7.02. The SMILES string of the molecule is COCCN1C(=O)CCC(N)C1c1ccccn1. The highest BCUT2D eigenvalue weighted by atomic mass is 16.5. The van der Waals surface area contributed by atoms with Gasteiger partial charge in [0.05, 0.1) is 18.3 Å². The quantitative estimate of drug-likeness (QED) is 0.853. The minimum Gasteiger partial charge on any atom is -0.383 e. The molecule has 1 fully saturated rings. The summed E-state index contributed by atoms with van der Waals surface area (Å²) in [6.07, 6.45) is 2.95. The maximum Gasteiger partial charge on any atom is 0.223 e. The number of hydrogen-bond donors (Lipinski definition) is 1. The fourth-order valence-corrected chi connectivity index (χ4v) is 2.36. The summed E-state index contributed by atoms with van der Waals surface area (Å²) in [4.78, 5) is 18.1. The first-order valence-electron chi connectivity index (χ1n) is 6.19. The fourth-order valence-electron chi connectivity index (χ4n) is 2.36. The molecule has 1 aromatic rings. The topological polar surface area (TPSA) is 68.5 Å². The van der Waals surface area contributed by atoms with Gasteiger partial charge < -0.3 is 15.4 Å². The molecule has 2 N–H and O–H groups in total. The van der Waals surface area contributed by atoms with Crippen molar-refractivity contribution in [2.24, 2.45) is 5.73 Å². The molecule has 1 aliphatic rings. The first-order chi connectivity index (χ1) is 8.74. The number of nitrogens with zero attached hydrogens (tertiary/aromatic N) is 2. The van der Waals surface area contributed by atoms with E-state index in [-0.39, 0.29) is 18.0 Å². The Labute approximate surface area is 107 Å². The number of ether oxygens (including phenoxy) is 1. The number of nitrogens with two attached hydrogens (primary N) is 1. The average Bonchev–Trinajstić information content (AvgIpc) is 2.40. The normalized spacial score (nSPS) is 24.3. The Morgan fingerprint density at radius 3 is 3.06 bits per heavy atom. The second-order valence-corrected chi connectivity index (χ2v) is 4.48. The van der Waals surface area contributed by atoms with Gasteiger partial charge in [0.1, 0.15) is 0 Å². The summed E-state index contributed by atoms with van der Waals surface area (Å²) in [6, 6.07) is 5.50. The number of methoxy groups -OCH3 is 1. The highest BCUT2D eigenvalue weighted by molar-refractivity contribution is 5.77. The molecule has 0 bridgehead atoms. The van der Waals surface area contributed by atoms with Crippen molar-refractivity contribution in [1.82, 2.24) is 9.88 Å². The Morgan fingerprint density at radius 2 is 2.39 bits per heavy atom. The Hall–Kier alpha value is -1.46. The summed E-state index contributed by atoms with van der Waals surface area (Å²) in [7, 11) is 1.63. The third kappa shape index (κ3) is 2.68. The smallest absolute Gasteiger partial charge is 0.223 e. The van der Waals surface area contributed by atoms with E-state index in [1.165, 1.54) is 0 Å². The van der Waals surface area contributed by atoms with Crippen LogP contribution in [0.2, 0.25) is 0 Å². The second kappa shape index (κ2) is 5.93. The van der Waals surface area contributed by atoms with Crippen molar-refractivity contribution in [2.45, 2.75) is 24.9 Å². The van der Waals surface area contributed by atoms with E-state index in [1.54, 1.807) is 18.2 Å². The van der Waals surface area contributed by atoms with E-state index in [1.807, 2.05) is 18.2 Å². The summed E-state index contributed by atoms with van der Waals surface area (Å²) in [5, 5.41) is 0. The summed E-state index contributed by atoms with van der Waals surface area (Å²) in [5.74, 6) is 0.129. The maximum absolute atomic E-state index is 12.0. The van der Waals surface area contributed by atoms with Gasteiger partial charge in [-0.3, -0.25) is 9.78 Å². The number of likely N-dealkylation sites (tertiary alicyclic amines) is 1. The number of amides is 1. The van der Waals surface area contributed by atoms with Gasteiger partial charge in [-0.1, -0.05) is 6.07 Å². The van der Waals surface area contributed by atoms with E-state index in [2.05, 4.69) is 4.98 Å². The van der Waals surface area contributed by atoms with Crippen molar-refractivity contribution in [3.8, 4) is 0 Å². The second-order valence-electron chi connectivity index (χ2n) is 4.48. The largest absolute Gasteiger partial charge is 0.383 e. The predicted molar refractivity (Wildman–Crippen MR) is 67.8 cm³/mol. The van der Waals surface area contributed by atoms with Crippen LogP contribution in [-0.4, -0.2) is 42.1 Å². The molecular weight excluding hydrogens is 230 g/mol.